The summed E-state index contributed by atoms with van der Waals surface area (Å²) in [6.07, 6.45) is -1.85. The van der Waals surface area contributed by atoms with E-state index >= 15 is 0 Å². The molecule has 0 aromatic heterocycles. The maximum Gasteiger partial charge on any atom is 0.426 e. The SMILES string of the molecule is CC1(C)C(/C=C(\Cl)C(F)(F)F)C1C(=O)OC(C#N)c1cccc(Oc2ccccc2)c1.COP(=O)(NC(C)=O)SC.COP(=O)(NC(C)=O)SC. The van der Waals surface area contributed by atoms with E-state index in [4.69, 9.17) is 21.1 Å². The van der Waals surface area contributed by atoms with Crippen LogP contribution in [0.4, 0.5) is 13.2 Å². The van der Waals surface area contributed by atoms with Gasteiger partial charge in [0.15, 0.2) is 0 Å². The molecule has 0 radical (unpaired) electrons. The van der Waals surface area contributed by atoms with Crippen LogP contribution in [-0.2, 0) is 37.3 Å². The van der Waals surface area contributed by atoms with E-state index in [0.717, 1.165) is 28.8 Å². The van der Waals surface area contributed by atoms with Gasteiger partial charge in [0.05, 0.1) is 5.92 Å². The van der Waals surface area contributed by atoms with E-state index in [1.807, 2.05) is 24.3 Å². The summed E-state index contributed by atoms with van der Waals surface area (Å²) in [5, 5.41) is 12.7. The number of hydrogen-bond donors (Lipinski definition) is 2. The number of para-hydroxylation sites is 1. The minimum atomic E-state index is -4.68. The highest BCUT2D eigenvalue weighted by molar-refractivity contribution is 8.56. The highest BCUT2D eigenvalue weighted by atomic mass is 35.5. The van der Waals surface area contributed by atoms with Crippen molar-refractivity contribution >= 4 is 65.6 Å². The predicted molar refractivity (Wildman–Crippen MR) is 192 cm³/mol. The number of rotatable bonds is 12. The fourth-order valence-electron chi connectivity index (χ4n) is 4.13. The lowest BCUT2D eigenvalue weighted by Crippen LogP contribution is -2.15. The lowest BCUT2D eigenvalue weighted by atomic mass is 10.1. The largest absolute Gasteiger partial charge is 0.457 e. The highest BCUT2D eigenvalue weighted by Crippen LogP contribution is 2.61. The molecule has 20 heteroatoms. The summed E-state index contributed by atoms with van der Waals surface area (Å²) in [4.78, 5) is 33.4. The normalized spacial score (nSPS) is 19.0. The third-order valence-electron chi connectivity index (χ3n) is 6.80. The number of carbonyl (C=O) groups excluding carboxylic acids is 3. The van der Waals surface area contributed by atoms with Crippen molar-refractivity contribution in [1.82, 2.24) is 10.2 Å². The first-order chi connectivity index (χ1) is 23.6. The molecule has 5 atom stereocenters. The van der Waals surface area contributed by atoms with Crippen LogP contribution >= 0.6 is 47.8 Å². The molecule has 0 spiro atoms. The van der Waals surface area contributed by atoms with Gasteiger partial charge in [-0.2, -0.15) is 18.4 Å². The molecule has 1 fully saturated rings. The van der Waals surface area contributed by atoms with Crippen LogP contribution in [0.15, 0.2) is 65.7 Å². The Labute approximate surface area is 308 Å². The monoisotopic (exact) mass is 815 g/mol. The summed E-state index contributed by atoms with van der Waals surface area (Å²) in [5.74, 6) is -1.96. The molecule has 0 heterocycles. The van der Waals surface area contributed by atoms with Gasteiger partial charge in [-0.15, -0.1) is 0 Å². The molecule has 0 saturated heterocycles. The van der Waals surface area contributed by atoms with Gasteiger partial charge in [-0.25, -0.2) is 0 Å². The number of nitrogens with zero attached hydrogens (tertiary/aromatic N) is 1. The fraction of sp³-hybridized carbons (Fsp3) is 0.419. The Hall–Kier alpha value is -2.96. The third-order valence-corrected chi connectivity index (χ3v) is 14.6. The van der Waals surface area contributed by atoms with E-state index in [1.165, 1.54) is 28.1 Å². The topological polar surface area (TPSA) is 170 Å². The molecule has 2 N–H and O–H groups in total. The van der Waals surface area contributed by atoms with Gasteiger partial charge in [0.2, 0.25) is 17.9 Å². The van der Waals surface area contributed by atoms with Crippen molar-refractivity contribution in [2.24, 2.45) is 17.3 Å². The summed E-state index contributed by atoms with van der Waals surface area (Å²) in [5.41, 5.74) is -0.371. The molecule has 12 nitrogen and oxygen atoms in total. The smallest absolute Gasteiger partial charge is 0.426 e. The van der Waals surface area contributed by atoms with E-state index < -0.39 is 54.0 Å². The van der Waals surface area contributed by atoms with Gasteiger partial charge >= 0.3 is 25.6 Å². The molecule has 2 aromatic carbocycles. The Morgan fingerprint density at radius 2 is 1.43 bits per heavy atom. The Morgan fingerprint density at radius 3 is 1.82 bits per heavy atom. The second-order valence-corrected chi connectivity index (χ2v) is 20.2. The molecule has 5 unspecified atom stereocenters. The van der Waals surface area contributed by atoms with E-state index in [0.29, 0.717) is 17.1 Å². The van der Waals surface area contributed by atoms with Crippen LogP contribution in [0, 0.1) is 28.6 Å². The average Bonchev–Trinajstić information content (AvgIpc) is 3.62. The van der Waals surface area contributed by atoms with Crippen molar-refractivity contribution in [3.8, 4) is 17.6 Å². The van der Waals surface area contributed by atoms with Crippen LogP contribution in [0.25, 0.3) is 0 Å². The van der Waals surface area contributed by atoms with E-state index in [1.54, 1.807) is 62.8 Å². The maximum atomic E-state index is 12.7. The quantitative estimate of drug-likeness (QED) is 0.154. The number of amides is 2. The standard InChI is InChI=1S/C23H19ClF3NO3.2C4H10NO3PS/c1-22(2)17(12-19(24)23(25,26)27)20(22)21(29)31-18(13-28)14-7-6-10-16(11-14)30-15-8-4-3-5-9-15;2*1-4(6)5-9(7,8-2)10-3/h3-12,17-18,20H,1-2H3;2*1-3H3,(H,5,6,7)/b19-12-;;. The highest BCUT2D eigenvalue weighted by Gasteiger charge is 2.62. The molecule has 2 amide bonds. The van der Waals surface area contributed by atoms with Crippen molar-refractivity contribution in [3.63, 3.8) is 0 Å². The number of hydrogen-bond acceptors (Lipinski definition) is 12. The summed E-state index contributed by atoms with van der Waals surface area (Å²) in [6.45, 7) is 0.0451. The number of esters is 1. The molecule has 1 aliphatic carbocycles. The van der Waals surface area contributed by atoms with Crippen molar-refractivity contribution in [2.45, 2.75) is 40.0 Å². The molecule has 1 aliphatic rings. The van der Waals surface area contributed by atoms with Crippen molar-refractivity contribution < 1.29 is 55.2 Å². The third kappa shape index (κ3) is 15.3. The number of ether oxygens (including phenoxy) is 2. The Bertz CT molecular complexity index is 1620. The Balaban J connectivity index is 0.000000533. The van der Waals surface area contributed by atoms with Crippen molar-refractivity contribution in [1.29, 1.82) is 5.26 Å². The molecule has 51 heavy (non-hydrogen) atoms. The Kier molecular flexibility index (Phi) is 18.4. The second-order valence-electron chi connectivity index (χ2n) is 10.8. The van der Waals surface area contributed by atoms with Gasteiger partial charge in [0, 0.05) is 33.6 Å². The number of nitriles is 1. The van der Waals surface area contributed by atoms with E-state index in [9.17, 15) is 41.9 Å². The first-order valence-electron chi connectivity index (χ1n) is 14.5. The van der Waals surface area contributed by atoms with Crippen molar-refractivity contribution in [2.75, 3.05) is 26.7 Å². The number of nitrogens with one attached hydrogen (secondary N) is 2. The Morgan fingerprint density at radius 1 is 0.941 bits per heavy atom. The van der Waals surface area contributed by atoms with Crippen LogP contribution in [0.2, 0.25) is 0 Å². The second kappa shape index (κ2) is 20.3. The fourth-order valence-corrected chi connectivity index (χ4v) is 7.92. The molecule has 3 rings (SSSR count). The van der Waals surface area contributed by atoms with E-state index in [-0.39, 0.29) is 11.8 Å². The minimum Gasteiger partial charge on any atom is -0.457 e. The summed E-state index contributed by atoms with van der Waals surface area (Å²) in [7, 11) is 2.60. The number of halogens is 4. The summed E-state index contributed by atoms with van der Waals surface area (Å²) in [6, 6.07) is 17.4. The zero-order valence-electron chi connectivity index (χ0n) is 28.8. The first kappa shape index (κ1) is 46.1. The number of alkyl halides is 3. The average molecular weight is 816 g/mol. The first-order valence-corrected chi connectivity index (χ1v) is 21.8. The lowest BCUT2D eigenvalue weighted by Gasteiger charge is -2.13. The number of benzene rings is 2. The predicted octanol–water partition coefficient (Wildman–Crippen LogP) is 9.02. The molecule has 282 valence electrons. The van der Waals surface area contributed by atoms with Crippen LogP contribution < -0.4 is 14.9 Å². The molecule has 1 saturated carbocycles. The van der Waals surface area contributed by atoms with Crippen LogP contribution in [0.3, 0.4) is 0 Å². The van der Waals surface area contributed by atoms with Gasteiger partial charge in [-0.3, -0.25) is 33.7 Å². The van der Waals surface area contributed by atoms with Gasteiger partial charge in [0.1, 0.15) is 22.6 Å². The van der Waals surface area contributed by atoms with Crippen LogP contribution in [-0.4, -0.2) is 50.7 Å². The molecule has 0 aliphatic heterocycles. The zero-order valence-corrected chi connectivity index (χ0v) is 33.0. The van der Waals surface area contributed by atoms with Crippen molar-refractivity contribution in [3.05, 3.63) is 71.3 Å². The maximum absolute atomic E-state index is 12.7. The van der Waals surface area contributed by atoms with Gasteiger partial charge in [0.25, 0.3) is 0 Å². The number of carbonyl (C=O) groups is 3. The molecule has 0 bridgehead atoms. The lowest BCUT2D eigenvalue weighted by molar-refractivity contribution is -0.149. The van der Waals surface area contributed by atoms with E-state index in [2.05, 4.69) is 19.2 Å². The summed E-state index contributed by atoms with van der Waals surface area (Å²) >= 11 is 7.32. The molecule has 2 aromatic rings. The summed E-state index contributed by atoms with van der Waals surface area (Å²) < 4.78 is 80.8. The molecular weight excluding hydrogens is 777 g/mol. The molecular formula is C31H39ClF3N3O9P2S2. The zero-order chi connectivity index (χ0) is 39.2. The van der Waals surface area contributed by atoms with Gasteiger partial charge in [-0.05, 0) is 48.1 Å². The minimum absolute atomic E-state index is 0.348. The number of allylic oxidation sites excluding steroid dienone is 2. The van der Waals surface area contributed by atoms with Crippen LogP contribution in [0.1, 0.15) is 39.4 Å². The van der Waals surface area contributed by atoms with Gasteiger partial charge < -0.3 is 18.5 Å². The van der Waals surface area contributed by atoms with Gasteiger partial charge in [-0.1, -0.05) is 84.6 Å². The van der Waals surface area contributed by atoms with Crippen LogP contribution in [0.5, 0.6) is 11.5 Å².